The van der Waals surface area contributed by atoms with Gasteiger partial charge < -0.3 is 0 Å². The number of aryl methyl sites for hydroxylation is 2. The molecule has 0 unspecified atom stereocenters. The predicted molar refractivity (Wildman–Crippen MR) is 92.6 cm³/mol. The Kier molecular flexibility index (Phi) is 5.71. The van der Waals surface area contributed by atoms with Crippen molar-refractivity contribution in [2.24, 2.45) is 0 Å². The molecule has 0 saturated carbocycles. The van der Waals surface area contributed by atoms with Crippen LogP contribution in [0.25, 0.3) is 9.40 Å². The molecule has 1 heterocycles. The average Bonchev–Trinajstić information content (AvgIpc) is 2.91. The lowest BCUT2D eigenvalue weighted by atomic mass is 9.92. The van der Waals surface area contributed by atoms with Gasteiger partial charge in [0.05, 0.1) is 20.5 Å². The molecule has 22 heavy (non-hydrogen) atoms. The minimum absolute atomic E-state index is 0.0458. The second kappa shape index (κ2) is 7.54. The fourth-order valence-electron chi connectivity index (χ4n) is 2.64. The molecule has 0 N–H and O–H groups in total. The number of rotatable bonds is 6. The van der Waals surface area contributed by atoms with Crippen LogP contribution in [0.1, 0.15) is 61.8 Å². The zero-order chi connectivity index (χ0) is 16.1. The summed E-state index contributed by atoms with van der Waals surface area (Å²) < 4.78 is 1.92. The first-order valence-electron chi connectivity index (χ1n) is 7.59. The number of nitrogens with zero attached hydrogens (tertiary/aromatic N) is 2. The number of hydrogen-bond acceptors (Lipinski definition) is 5. The van der Waals surface area contributed by atoms with Crippen LogP contribution in [-0.2, 0) is 12.8 Å². The quantitative estimate of drug-likeness (QED) is 0.767. The lowest BCUT2D eigenvalue weighted by Gasteiger charge is -2.12. The molecular formula is C17H18N2OS2. The van der Waals surface area contributed by atoms with E-state index in [-0.39, 0.29) is 4.06 Å². The minimum atomic E-state index is 0.0458. The third-order valence-electron chi connectivity index (χ3n) is 3.76. The van der Waals surface area contributed by atoms with Crippen LogP contribution in [0, 0.1) is 22.7 Å². The van der Waals surface area contributed by atoms with Crippen molar-refractivity contribution in [2.45, 2.75) is 52.4 Å². The van der Waals surface area contributed by atoms with Gasteiger partial charge in [0.2, 0.25) is 0 Å². The summed E-state index contributed by atoms with van der Waals surface area (Å²) in [6.45, 7) is 4.19. The maximum absolute atomic E-state index is 11.9. The Morgan fingerprint density at radius 2 is 1.27 bits per heavy atom. The highest BCUT2D eigenvalue weighted by atomic mass is 32.2. The molecule has 0 radical (unpaired) electrons. The topological polar surface area (TPSA) is 64.7 Å². The molecule has 0 aliphatic carbocycles. The van der Waals surface area contributed by atoms with E-state index in [0.29, 0.717) is 11.1 Å². The van der Waals surface area contributed by atoms with Crippen LogP contribution in [0.5, 0.6) is 0 Å². The maximum Gasteiger partial charge on any atom is 0.288 e. The monoisotopic (exact) mass is 330 g/mol. The summed E-state index contributed by atoms with van der Waals surface area (Å²) >= 11 is 2.46. The summed E-state index contributed by atoms with van der Waals surface area (Å²) in [7, 11) is 0. The number of benzene rings is 1. The second-order valence-electron chi connectivity index (χ2n) is 5.25. The van der Waals surface area contributed by atoms with Gasteiger partial charge in [-0.2, -0.15) is 10.5 Å². The zero-order valence-electron chi connectivity index (χ0n) is 12.9. The van der Waals surface area contributed by atoms with Crippen LogP contribution >= 0.6 is 22.7 Å². The van der Waals surface area contributed by atoms with Gasteiger partial charge >= 0.3 is 0 Å². The highest BCUT2D eigenvalue weighted by Gasteiger charge is 2.21. The van der Waals surface area contributed by atoms with Crippen molar-refractivity contribution in [2.75, 3.05) is 0 Å². The molecule has 2 aromatic rings. The van der Waals surface area contributed by atoms with Gasteiger partial charge in [0.25, 0.3) is 4.06 Å². The normalized spacial score (nSPS) is 10.5. The molecule has 0 aliphatic heterocycles. The summed E-state index contributed by atoms with van der Waals surface area (Å²) in [5, 5.41) is 19.1. The summed E-state index contributed by atoms with van der Waals surface area (Å²) in [5.74, 6) is 0. The van der Waals surface area contributed by atoms with Crippen LogP contribution in [0.3, 0.4) is 0 Å². The van der Waals surface area contributed by atoms with Gasteiger partial charge in [-0.15, -0.1) is 0 Å². The van der Waals surface area contributed by atoms with Crippen molar-refractivity contribution in [1.82, 2.24) is 0 Å². The Hall–Kier alpha value is -1.69. The number of unbranched alkanes of at least 4 members (excludes halogenated alkanes) is 2. The molecule has 2 rings (SSSR count). The van der Waals surface area contributed by atoms with E-state index in [9.17, 15) is 15.3 Å². The summed E-state index contributed by atoms with van der Waals surface area (Å²) in [4.78, 5) is 11.9. The second-order valence-corrected chi connectivity index (χ2v) is 7.47. The summed E-state index contributed by atoms with van der Waals surface area (Å²) in [6.07, 6.45) is 5.46. The Bertz CT molecular complexity index is 752. The number of hydrogen-bond donors (Lipinski definition) is 0. The minimum Gasteiger partial charge on any atom is -0.265 e. The van der Waals surface area contributed by atoms with Crippen molar-refractivity contribution in [3.05, 3.63) is 31.1 Å². The fourth-order valence-corrected chi connectivity index (χ4v) is 4.97. The standard InChI is InChI=1S/C17H18N2OS2/c1-3-5-7-11-13(9-18)14(10-19)12(8-6-4-2)16-15(11)21-17(20)22-16/h3-8H2,1-2H3. The molecule has 0 saturated heterocycles. The first kappa shape index (κ1) is 16.7. The van der Waals surface area contributed by atoms with Gasteiger partial charge in [-0.1, -0.05) is 49.4 Å². The fraction of sp³-hybridized carbons (Fsp3) is 0.471. The molecule has 0 aliphatic rings. The SMILES string of the molecule is CCCCc1c(C#N)c(C#N)c(CCCC)c2sc(=O)sc12. The predicted octanol–water partition coefficient (Wildman–Crippen LogP) is 4.75. The van der Waals surface area contributed by atoms with Gasteiger partial charge in [0.15, 0.2) is 0 Å². The van der Waals surface area contributed by atoms with Crippen molar-refractivity contribution in [3.8, 4) is 12.1 Å². The van der Waals surface area contributed by atoms with Crippen LogP contribution in [0.4, 0.5) is 0 Å². The van der Waals surface area contributed by atoms with Crippen molar-refractivity contribution in [3.63, 3.8) is 0 Å². The molecule has 0 amide bonds. The van der Waals surface area contributed by atoms with E-state index in [2.05, 4.69) is 26.0 Å². The molecule has 1 aromatic carbocycles. The van der Waals surface area contributed by atoms with E-state index in [1.165, 1.54) is 22.7 Å². The van der Waals surface area contributed by atoms with Crippen LogP contribution in [0.2, 0.25) is 0 Å². The molecule has 114 valence electrons. The largest absolute Gasteiger partial charge is 0.288 e. The first-order valence-corrected chi connectivity index (χ1v) is 9.22. The highest BCUT2D eigenvalue weighted by molar-refractivity contribution is 7.35. The van der Waals surface area contributed by atoms with E-state index in [0.717, 1.165) is 59.1 Å². The average molecular weight is 330 g/mol. The first-order chi connectivity index (χ1) is 10.7. The Labute approximate surface area is 138 Å². The molecule has 0 fully saturated rings. The Morgan fingerprint density at radius 1 is 0.864 bits per heavy atom. The van der Waals surface area contributed by atoms with Crippen molar-refractivity contribution < 1.29 is 0 Å². The van der Waals surface area contributed by atoms with Gasteiger partial charge in [-0.3, -0.25) is 4.79 Å². The lowest BCUT2D eigenvalue weighted by Crippen LogP contribution is -2.01. The van der Waals surface area contributed by atoms with E-state index in [1.54, 1.807) is 0 Å². The van der Waals surface area contributed by atoms with Crippen LogP contribution < -0.4 is 4.06 Å². The van der Waals surface area contributed by atoms with E-state index in [1.807, 2.05) is 0 Å². The third-order valence-corrected chi connectivity index (χ3v) is 6.03. The molecule has 1 aromatic heterocycles. The van der Waals surface area contributed by atoms with Crippen LogP contribution in [-0.4, -0.2) is 0 Å². The van der Waals surface area contributed by atoms with Gasteiger partial charge in [-0.25, -0.2) is 0 Å². The number of fused-ring (bicyclic) bond motifs is 1. The van der Waals surface area contributed by atoms with Gasteiger partial charge in [0, 0.05) is 0 Å². The summed E-state index contributed by atoms with van der Waals surface area (Å²) in [5.41, 5.74) is 2.78. The molecule has 0 bridgehead atoms. The van der Waals surface area contributed by atoms with E-state index >= 15 is 0 Å². The van der Waals surface area contributed by atoms with Crippen molar-refractivity contribution >= 4 is 32.1 Å². The third kappa shape index (κ3) is 3.06. The van der Waals surface area contributed by atoms with E-state index in [4.69, 9.17) is 0 Å². The Balaban J connectivity index is 2.81. The van der Waals surface area contributed by atoms with E-state index < -0.39 is 0 Å². The molecule has 5 heteroatoms. The van der Waals surface area contributed by atoms with Gasteiger partial charge in [-0.05, 0) is 36.8 Å². The van der Waals surface area contributed by atoms with Gasteiger partial charge in [0.1, 0.15) is 12.1 Å². The molecule has 3 nitrogen and oxygen atoms in total. The Morgan fingerprint density at radius 3 is 1.59 bits per heavy atom. The highest BCUT2D eigenvalue weighted by Crippen LogP contribution is 2.36. The smallest absolute Gasteiger partial charge is 0.265 e. The van der Waals surface area contributed by atoms with Crippen LogP contribution in [0.15, 0.2) is 4.79 Å². The molecular weight excluding hydrogens is 312 g/mol. The van der Waals surface area contributed by atoms with Crippen molar-refractivity contribution in [1.29, 1.82) is 10.5 Å². The maximum atomic E-state index is 11.9. The number of nitriles is 2. The summed E-state index contributed by atoms with van der Waals surface area (Å²) in [6, 6.07) is 4.46. The molecule has 0 atom stereocenters. The lowest BCUT2D eigenvalue weighted by molar-refractivity contribution is 0.790. The zero-order valence-corrected chi connectivity index (χ0v) is 14.5. The molecule has 0 spiro atoms.